The van der Waals surface area contributed by atoms with Gasteiger partial charge in [0.1, 0.15) is 0 Å². The van der Waals surface area contributed by atoms with Gasteiger partial charge in [-0.2, -0.15) is 4.98 Å². The SMILES string of the molecule is Cc1ccc(-c2noc(COC(=O)c3ccc(CCNS(C)(=O)=O)cc3)n2)cc1. The number of rotatable bonds is 8. The van der Waals surface area contributed by atoms with Gasteiger partial charge in [-0.15, -0.1) is 0 Å². The Labute approximate surface area is 169 Å². The van der Waals surface area contributed by atoms with Crippen molar-refractivity contribution in [1.29, 1.82) is 0 Å². The maximum Gasteiger partial charge on any atom is 0.338 e. The lowest BCUT2D eigenvalue weighted by molar-refractivity contribution is 0.0430. The number of carbonyl (C=O) groups excluding carboxylic acids is 1. The molecule has 0 unspecified atom stereocenters. The molecule has 0 radical (unpaired) electrons. The number of benzene rings is 2. The fourth-order valence-electron chi connectivity index (χ4n) is 2.53. The number of hydrogen-bond acceptors (Lipinski definition) is 7. The van der Waals surface area contributed by atoms with Crippen molar-refractivity contribution in [2.75, 3.05) is 12.8 Å². The van der Waals surface area contributed by atoms with Crippen LogP contribution in [0.1, 0.15) is 27.4 Å². The van der Waals surface area contributed by atoms with Crippen molar-refractivity contribution in [3.8, 4) is 11.4 Å². The van der Waals surface area contributed by atoms with Gasteiger partial charge in [0.2, 0.25) is 15.8 Å². The van der Waals surface area contributed by atoms with Gasteiger partial charge in [-0.3, -0.25) is 0 Å². The van der Waals surface area contributed by atoms with E-state index in [4.69, 9.17) is 9.26 Å². The van der Waals surface area contributed by atoms with Gasteiger partial charge in [0.15, 0.2) is 6.61 Å². The van der Waals surface area contributed by atoms with E-state index >= 15 is 0 Å². The summed E-state index contributed by atoms with van der Waals surface area (Å²) in [5, 5.41) is 3.90. The van der Waals surface area contributed by atoms with E-state index in [9.17, 15) is 13.2 Å². The molecule has 3 aromatic rings. The minimum Gasteiger partial charge on any atom is -0.452 e. The highest BCUT2D eigenvalue weighted by Crippen LogP contribution is 2.17. The van der Waals surface area contributed by atoms with Crippen LogP contribution in [0.15, 0.2) is 53.1 Å². The molecule has 0 atom stereocenters. The lowest BCUT2D eigenvalue weighted by Crippen LogP contribution is -2.24. The molecule has 152 valence electrons. The zero-order valence-electron chi connectivity index (χ0n) is 16.1. The number of hydrogen-bond donors (Lipinski definition) is 1. The van der Waals surface area contributed by atoms with Crippen molar-refractivity contribution in [3.05, 3.63) is 71.1 Å². The summed E-state index contributed by atoms with van der Waals surface area (Å²) in [6, 6.07) is 14.4. The summed E-state index contributed by atoms with van der Waals surface area (Å²) in [6.45, 7) is 2.16. The quantitative estimate of drug-likeness (QED) is 0.563. The molecule has 0 aliphatic heterocycles. The van der Waals surface area contributed by atoms with E-state index in [2.05, 4.69) is 14.9 Å². The van der Waals surface area contributed by atoms with E-state index < -0.39 is 16.0 Å². The Balaban J connectivity index is 1.52. The molecule has 0 aliphatic carbocycles. The van der Waals surface area contributed by atoms with Crippen molar-refractivity contribution < 1.29 is 22.5 Å². The Bertz CT molecular complexity index is 1070. The molecule has 0 spiro atoms. The number of nitrogens with one attached hydrogen (secondary N) is 1. The van der Waals surface area contributed by atoms with Crippen LogP contribution in [0, 0.1) is 6.92 Å². The largest absolute Gasteiger partial charge is 0.452 e. The number of ether oxygens (including phenoxy) is 1. The molecular formula is C20H21N3O5S. The average molecular weight is 415 g/mol. The van der Waals surface area contributed by atoms with Gasteiger partial charge < -0.3 is 9.26 Å². The van der Waals surface area contributed by atoms with Gasteiger partial charge in [0.05, 0.1) is 11.8 Å². The Morgan fingerprint density at radius 1 is 1.10 bits per heavy atom. The fraction of sp³-hybridized carbons (Fsp3) is 0.250. The molecule has 9 heteroatoms. The number of carbonyl (C=O) groups is 1. The van der Waals surface area contributed by atoms with Crippen LogP contribution < -0.4 is 4.72 Å². The van der Waals surface area contributed by atoms with Crippen LogP contribution in [-0.2, 0) is 27.8 Å². The first-order valence-corrected chi connectivity index (χ1v) is 10.8. The maximum atomic E-state index is 12.2. The van der Waals surface area contributed by atoms with Crippen LogP contribution in [0.2, 0.25) is 0 Å². The van der Waals surface area contributed by atoms with E-state index in [0.29, 0.717) is 24.4 Å². The zero-order valence-corrected chi connectivity index (χ0v) is 16.9. The average Bonchev–Trinajstić information content (AvgIpc) is 3.15. The lowest BCUT2D eigenvalue weighted by atomic mass is 10.1. The zero-order chi connectivity index (χ0) is 20.9. The summed E-state index contributed by atoms with van der Waals surface area (Å²) >= 11 is 0. The number of nitrogens with zero attached hydrogens (tertiary/aromatic N) is 2. The van der Waals surface area contributed by atoms with Crippen LogP contribution in [0.5, 0.6) is 0 Å². The predicted octanol–water partition coefficient (Wildman–Crippen LogP) is 2.49. The Morgan fingerprint density at radius 3 is 2.45 bits per heavy atom. The van der Waals surface area contributed by atoms with Crippen molar-refractivity contribution in [2.45, 2.75) is 20.0 Å². The van der Waals surface area contributed by atoms with Gasteiger partial charge in [0, 0.05) is 12.1 Å². The lowest BCUT2D eigenvalue weighted by Gasteiger charge is -2.05. The van der Waals surface area contributed by atoms with E-state index in [0.717, 1.165) is 22.9 Å². The summed E-state index contributed by atoms with van der Waals surface area (Å²) in [5.41, 5.74) is 3.22. The maximum absolute atomic E-state index is 12.2. The molecule has 1 heterocycles. The molecule has 8 nitrogen and oxygen atoms in total. The number of sulfonamides is 1. The Hall–Kier alpha value is -3.04. The molecule has 0 aliphatic rings. The van der Waals surface area contributed by atoms with Crippen LogP contribution in [0.4, 0.5) is 0 Å². The number of aryl methyl sites for hydroxylation is 1. The van der Waals surface area contributed by atoms with Crippen LogP contribution >= 0.6 is 0 Å². The van der Waals surface area contributed by atoms with Crippen molar-refractivity contribution in [3.63, 3.8) is 0 Å². The Morgan fingerprint density at radius 2 is 1.79 bits per heavy atom. The smallest absolute Gasteiger partial charge is 0.338 e. The highest BCUT2D eigenvalue weighted by molar-refractivity contribution is 7.88. The normalized spacial score (nSPS) is 11.4. The molecule has 2 aromatic carbocycles. The minimum absolute atomic E-state index is 0.127. The highest BCUT2D eigenvalue weighted by atomic mass is 32.2. The van der Waals surface area contributed by atoms with Gasteiger partial charge in [-0.05, 0) is 31.0 Å². The van der Waals surface area contributed by atoms with Crippen LogP contribution in [0.25, 0.3) is 11.4 Å². The molecule has 1 aromatic heterocycles. The minimum atomic E-state index is -3.21. The monoisotopic (exact) mass is 415 g/mol. The summed E-state index contributed by atoms with van der Waals surface area (Å²) in [5.74, 6) is 0.126. The third-order valence-electron chi connectivity index (χ3n) is 4.07. The standard InChI is InChI=1S/C20H21N3O5S/c1-14-3-7-16(8-4-14)19-22-18(28-23-19)13-27-20(24)17-9-5-15(6-10-17)11-12-21-29(2,25)26/h3-10,21H,11-13H2,1-2H3. The Kier molecular flexibility index (Phi) is 6.40. The molecular weight excluding hydrogens is 394 g/mol. The summed E-state index contributed by atoms with van der Waals surface area (Å²) in [4.78, 5) is 16.4. The summed E-state index contributed by atoms with van der Waals surface area (Å²) in [7, 11) is -3.21. The fourth-order valence-corrected chi connectivity index (χ4v) is 3.01. The first-order chi connectivity index (χ1) is 13.8. The van der Waals surface area contributed by atoms with Crippen molar-refractivity contribution in [1.82, 2.24) is 14.9 Å². The van der Waals surface area contributed by atoms with Crippen LogP contribution in [0.3, 0.4) is 0 Å². The number of esters is 1. The van der Waals surface area contributed by atoms with Gasteiger partial charge in [-0.25, -0.2) is 17.9 Å². The number of aromatic nitrogens is 2. The topological polar surface area (TPSA) is 111 Å². The molecule has 0 fully saturated rings. The molecule has 0 amide bonds. The van der Waals surface area contributed by atoms with Gasteiger partial charge >= 0.3 is 5.97 Å². The first kappa shape index (κ1) is 20.7. The second-order valence-corrected chi connectivity index (χ2v) is 8.40. The van der Waals surface area contributed by atoms with E-state index in [1.54, 1.807) is 24.3 Å². The van der Waals surface area contributed by atoms with E-state index in [1.165, 1.54) is 0 Å². The highest BCUT2D eigenvalue weighted by Gasteiger charge is 2.12. The van der Waals surface area contributed by atoms with Crippen molar-refractivity contribution >= 4 is 16.0 Å². The first-order valence-electron chi connectivity index (χ1n) is 8.90. The van der Waals surface area contributed by atoms with E-state index in [1.807, 2.05) is 31.2 Å². The summed E-state index contributed by atoms with van der Waals surface area (Å²) < 4.78 is 34.9. The molecule has 1 N–H and O–H groups in total. The predicted molar refractivity (Wildman–Crippen MR) is 107 cm³/mol. The second kappa shape index (κ2) is 8.97. The van der Waals surface area contributed by atoms with Crippen LogP contribution in [-0.4, -0.2) is 37.3 Å². The molecule has 0 saturated carbocycles. The van der Waals surface area contributed by atoms with Gasteiger partial charge in [0.25, 0.3) is 5.89 Å². The van der Waals surface area contributed by atoms with Gasteiger partial charge in [-0.1, -0.05) is 47.1 Å². The summed E-state index contributed by atoms with van der Waals surface area (Å²) in [6.07, 6.45) is 1.63. The molecule has 0 bridgehead atoms. The molecule has 3 rings (SSSR count). The third-order valence-corrected chi connectivity index (χ3v) is 4.80. The molecule has 29 heavy (non-hydrogen) atoms. The molecule has 0 saturated heterocycles. The second-order valence-electron chi connectivity index (χ2n) is 6.57. The third kappa shape index (κ3) is 6.23. The van der Waals surface area contributed by atoms with E-state index in [-0.39, 0.29) is 12.5 Å². The van der Waals surface area contributed by atoms with Crippen molar-refractivity contribution in [2.24, 2.45) is 0 Å².